The molecule has 17 nitrogen and oxygen atoms in total. The lowest BCUT2D eigenvalue weighted by Gasteiger charge is -2.58. The quantitative estimate of drug-likeness (QED) is 0.0605. The number of aliphatic hydroxyl groups is 1. The summed E-state index contributed by atoms with van der Waals surface area (Å²) in [7, 11) is -3.36. The number of halogens is 1. The molecule has 0 bridgehead atoms. The van der Waals surface area contributed by atoms with Crippen molar-refractivity contribution in [1.82, 2.24) is 24.6 Å². The van der Waals surface area contributed by atoms with E-state index in [1.807, 2.05) is 0 Å². The van der Waals surface area contributed by atoms with Crippen LogP contribution in [0, 0.1) is 27.3 Å². The number of amides is 1. The molecule has 5 fully saturated rings. The maximum atomic E-state index is 14.9. The first-order chi connectivity index (χ1) is 33.4. The fraction of sp³-hybridized carbons (Fsp3) is 0.510. The minimum absolute atomic E-state index is 0.00836. The number of nitro groups is 1. The number of ether oxygens (including phenoxy) is 3. The zero-order valence-corrected chi connectivity index (χ0v) is 40.8. The van der Waals surface area contributed by atoms with Gasteiger partial charge < -0.3 is 34.5 Å². The van der Waals surface area contributed by atoms with Crippen molar-refractivity contribution in [2.24, 2.45) is 11.3 Å². The largest absolute Gasteiger partial charge is 0.478 e. The molecule has 4 N–H and O–H groups in total. The highest BCUT2D eigenvalue weighted by molar-refractivity contribution is 7.90. The molecule has 5 heterocycles. The monoisotopic (exact) mass is 980 g/mol. The molecule has 1 amide bonds. The van der Waals surface area contributed by atoms with Gasteiger partial charge in [-0.1, -0.05) is 38.1 Å². The van der Waals surface area contributed by atoms with Gasteiger partial charge in [0.1, 0.15) is 22.1 Å². The highest BCUT2D eigenvalue weighted by Crippen LogP contribution is 2.56. The number of piperidine rings is 1. The lowest BCUT2D eigenvalue weighted by Crippen LogP contribution is -2.59. The number of methoxy groups -OCH3 is 1. The second-order valence-corrected chi connectivity index (χ2v) is 22.6. The number of morpholine rings is 1. The number of aromatic nitrogens is 3. The molecule has 5 aromatic rings. The molecule has 2 saturated heterocycles. The Labute approximate surface area is 406 Å². The Morgan fingerprint density at radius 2 is 1.80 bits per heavy atom. The van der Waals surface area contributed by atoms with E-state index in [1.165, 1.54) is 30.4 Å². The van der Waals surface area contributed by atoms with Crippen molar-refractivity contribution in [2.45, 2.75) is 119 Å². The first-order valence-corrected chi connectivity index (χ1v) is 25.9. The van der Waals surface area contributed by atoms with Crippen LogP contribution in [0.1, 0.15) is 118 Å². The Morgan fingerprint density at radius 3 is 2.50 bits per heavy atom. The number of anilines is 2. The summed E-state index contributed by atoms with van der Waals surface area (Å²) in [5.74, 6) is -1.31. The van der Waals surface area contributed by atoms with Gasteiger partial charge in [0.25, 0.3) is 21.8 Å². The summed E-state index contributed by atoms with van der Waals surface area (Å²) in [5.41, 5.74) is 2.37. The molecule has 3 aromatic heterocycles. The van der Waals surface area contributed by atoms with Gasteiger partial charge in [-0.25, -0.2) is 22.5 Å². The van der Waals surface area contributed by atoms with Gasteiger partial charge in [-0.3, -0.25) is 19.8 Å². The van der Waals surface area contributed by atoms with E-state index >= 15 is 0 Å². The molecule has 3 aliphatic carbocycles. The summed E-state index contributed by atoms with van der Waals surface area (Å²) < 4.78 is 62.9. The van der Waals surface area contributed by atoms with E-state index in [0.717, 1.165) is 82.3 Å². The van der Waals surface area contributed by atoms with Crippen LogP contribution in [0.4, 0.5) is 21.6 Å². The fourth-order valence-corrected chi connectivity index (χ4v) is 12.2. The topological polar surface area (TPSA) is 214 Å². The number of aromatic amines is 1. The number of rotatable bonds is 14. The minimum Gasteiger partial charge on any atom is -0.478 e. The SMILES string of the molecule is COc1nc2[nH]cc(F)c2cc1Oc1cc(N2CCC3(CC2)CC(N2CC4(CC4)OC[C@H]2c2ccccc2C(C)C)C3)ccc1C(=O)NS(=O)(=O)c1cnc(NCC2CCC(C)(O)CC2)c([N+](=O)[O-])c1. The number of carbonyl (C=O) groups excluding carboxylic acids is 1. The highest BCUT2D eigenvalue weighted by atomic mass is 32.2. The Morgan fingerprint density at radius 1 is 1.06 bits per heavy atom. The van der Waals surface area contributed by atoms with Crippen LogP contribution in [0.2, 0.25) is 0 Å². The van der Waals surface area contributed by atoms with Gasteiger partial charge in [0.2, 0.25) is 5.82 Å². The van der Waals surface area contributed by atoms with E-state index in [9.17, 15) is 32.8 Å². The van der Waals surface area contributed by atoms with E-state index in [0.29, 0.717) is 50.8 Å². The lowest BCUT2D eigenvalue weighted by atomic mass is 9.59. The fourth-order valence-electron chi connectivity index (χ4n) is 11.2. The van der Waals surface area contributed by atoms with E-state index in [1.54, 1.807) is 19.1 Å². The van der Waals surface area contributed by atoms with Crippen LogP contribution in [-0.4, -0.2) is 101 Å². The second-order valence-electron chi connectivity index (χ2n) is 20.9. The number of benzene rings is 2. The first-order valence-electron chi connectivity index (χ1n) is 24.4. The molecule has 0 radical (unpaired) electrons. The van der Waals surface area contributed by atoms with Crippen LogP contribution in [0.3, 0.4) is 0 Å². The molecule has 2 aromatic carbocycles. The standard InChI is InChI=1S/C51H61FN8O9S/c1-31(2)36-7-5-6-8-37(36)42-29-68-51(15-16-51)30-59(42)34-24-50(25-34)17-19-58(20-18-50)33-9-10-38(43(21-33)69-44-23-39-40(52)28-55-45(39)56-48(44)67-4)47(61)57-70(65,66)35-22-41(60(63)64)46(54-27-35)53-26-32-11-13-49(3,62)14-12-32/h5-10,21-23,27-28,31-32,34,42,62H,11-20,24-26,29-30H2,1-4H3,(H,53,54)(H,55,56)(H,57,61)/t32?,42-,49?/m0/s1. The molecule has 5 aliphatic rings. The molecular weight excluding hydrogens is 920 g/mol. The number of carbonyl (C=O) groups is 1. The van der Waals surface area contributed by atoms with Crippen LogP contribution in [0.25, 0.3) is 11.0 Å². The van der Waals surface area contributed by atoms with Crippen molar-refractivity contribution in [1.29, 1.82) is 0 Å². The Hall–Kier alpha value is -5.89. The van der Waals surface area contributed by atoms with Crippen molar-refractivity contribution in [2.75, 3.05) is 50.1 Å². The molecule has 2 aliphatic heterocycles. The molecule has 70 heavy (non-hydrogen) atoms. The predicted octanol–water partition coefficient (Wildman–Crippen LogP) is 8.76. The third kappa shape index (κ3) is 9.52. The van der Waals surface area contributed by atoms with Crippen LogP contribution in [-0.2, 0) is 14.8 Å². The van der Waals surface area contributed by atoms with Gasteiger partial charge in [0, 0.05) is 62.3 Å². The molecule has 2 spiro atoms. The van der Waals surface area contributed by atoms with E-state index in [-0.39, 0.29) is 62.8 Å². The van der Waals surface area contributed by atoms with E-state index in [2.05, 4.69) is 72.9 Å². The maximum Gasteiger partial charge on any atom is 0.312 e. The smallest absolute Gasteiger partial charge is 0.312 e. The average Bonchev–Trinajstić information content (AvgIpc) is 3.99. The molecule has 10 rings (SSSR count). The molecule has 372 valence electrons. The summed E-state index contributed by atoms with van der Waals surface area (Å²) >= 11 is 0. The number of nitrogens with zero attached hydrogens (tertiary/aromatic N) is 5. The zero-order chi connectivity index (χ0) is 49.2. The first kappa shape index (κ1) is 47.8. The Bertz CT molecular complexity index is 2920. The van der Waals surface area contributed by atoms with Crippen molar-refractivity contribution >= 4 is 44.2 Å². The molecule has 19 heteroatoms. The van der Waals surface area contributed by atoms with Gasteiger partial charge in [-0.15, -0.1) is 0 Å². The maximum absolute atomic E-state index is 14.9. The molecule has 0 unspecified atom stereocenters. The number of hydrogen-bond donors (Lipinski definition) is 4. The van der Waals surface area contributed by atoms with Crippen molar-refractivity contribution in [3.05, 3.63) is 99.6 Å². The molecular formula is C51H61FN8O9S. The van der Waals surface area contributed by atoms with Gasteiger partial charge in [-0.2, -0.15) is 4.98 Å². The van der Waals surface area contributed by atoms with E-state index in [4.69, 9.17) is 14.2 Å². The van der Waals surface area contributed by atoms with Crippen LogP contribution < -0.4 is 24.4 Å². The summed E-state index contributed by atoms with van der Waals surface area (Å²) in [6.45, 7) is 9.78. The zero-order valence-electron chi connectivity index (χ0n) is 40.0. The van der Waals surface area contributed by atoms with Gasteiger partial charge >= 0.3 is 5.69 Å². The number of nitrogens with one attached hydrogen (secondary N) is 3. The summed E-state index contributed by atoms with van der Waals surface area (Å²) in [6.07, 6.45) is 11.1. The lowest BCUT2D eigenvalue weighted by molar-refractivity contribution is -0.384. The van der Waals surface area contributed by atoms with Crippen molar-refractivity contribution in [3.8, 4) is 17.4 Å². The number of sulfonamides is 1. The number of H-pyrrole nitrogens is 1. The Balaban J connectivity index is 0.870. The van der Waals surface area contributed by atoms with Crippen molar-refractivity contribution < 1.29 is 41.8 Å². The van der Waals surface area contributed by atoms with Crippen LogP contribution in [0.15, 0.2) is 71.9 Å². The highest BCUT2D eigenvalue weighted by Gasteiger charge is 2.56. The van der Waals surface area contributed by atoms with Crippen molar-refractivity contribution in [3.63, 3.8) is 0 Å². The molecule has 3 saturated carbocycles. The molecule has 1 atom stereocenters. The summed E-state index contributed by atoms with van der Waals surface area (Å²) in [4.78, 5) is 41.2. The number of pyridine rings is 2. The second kappa shape index (κ2) is 18.4. The number of hydrogen-bond acceptors (Lipinski definition) is 14. The summed E-state index contributed by atoms with van der Waals surface area (Å²) in [5, 5.41) is 25.6. The van der Waals surface area contributed by atoms with Gasteiger partial charge in [0.05, 0.1) is 53.0 Å². The number of fused-ring (bicyclic) bond motifs is 1. The summed E-state index contributed by atoms with van der Waals surface area (Å²) in [6, 6.07) is 16.6. The van der Waals surface area contributed by atoms with Gasteiger partial charge in [-0.05, 0) is 112 Å². The van der Waals surface area contributed by atoms with Gasteiger partial charge in [0.15, 0.2) is 5.75 Å². The third-order valence-electron chi connectivity index (χ3n) is 15.7. The Kier molecular flexibility index (Phi) is 12.5. The predicted molar refractivity (Wildman–Crippen MR) is 261 cm³/mol. The van der Waals surface area contributed by atoms with Crippen LogP contribution in [0.5, 0.6) is 17.4 Å². The minimum atomic E-state index is -4.73. The van der Waals surface area contributed by atoms with Crippen LogP contribution >= 0.6 is 0 Å². The van der Waals surface area contributed by atoms with E-state index < -0.39 is 42.9 Å². The average molecular weight is 981 g/mol. The third-order valence-corrected chi connectivity index (χ3v) is 17.0. The normalized spacial score (nSPS) is 23.3.